The summed E-state index contributed by atoms with van der Waals surface area (Å²) in [6, 6.07) is 0. The highest BCUT2D eigenvalue weighted by atomic mass is 79.9. The number of hydrogen-bond donors (Lipinski definition) is 1. The van der Waals surface area contributed by atoms with Crippen molar-refractivity contribution in [3.05, 3.63) is 26.8 Å². The van der Waals surface area contributed by atoms with E-state index in [0.717, 1.165) is 16.6 Å². The van der Waals surface area contributed by atoms with E-state index in [1.54, 1.807) is 0 Å². The van der Waals surface area contributed by atoms with Crippen molar-refractivity contribution in [3.8, 4) is 0 Å². The molecule has 0 aliphatic carbocycles. The fourth-order valence-corrected chi connectivity index (χ4v) is 2.06. The van der Waals surface area contributed by atoms with Crippen molar-refractivity contribution < 1.29 is 0 Å². The van der Waals surface area contributed by atoms with Crippen LogP contribution in [0.5, 0.6) is 0 Å². The molecule has 15 heavy (non-hydrogen) atoms. The van der Waals surface area contributed by atoms with E-state index in [9.17, 15) is 4.79 Å². The summed E-state index contributed by atoms with van der Waals surface area (Å²) in [5.74, 6) is 0.498. The Balaban J connectivity index is 2.65. The molecule has 0 spiro atoms. The van der Waals surface area contributed by atoms with Crippen LogP contribution < -0.4 is 5.56 Å². The van der Waals surface area contributed by atoms with Crippen LogP contribution in [-0.2, 0) is 6.42 Å². The zero-order chi connectivity index (χ0) is 11.0. The van der Waals surface area contributed by atoms with Gasteiger partial charge in [0, 0.05) is 0 Å². The number of halogens is 1. The number of aromatic amines is 1. The molecule has 2 aromatic rings. The summed E-state index contributed by atoms with van der Waals surface area (Å²) in [5.41, 5.74) is 1.18. The molecule has 0 bridgehead atoms. The van der Waals surface area contributed by atoms with Gasteiger partial charge >= 0.3 is 0 Å². The van der Waals surface area contributed by atoms with E-state index in [0.29, 0.717) is 11.4 Å². The maximum absolute atomic E-state index is 11.5. The molecular weight excluding hydrogens is 260 g/mol. The lowest BCUT2D eigenvalue weighted by molar-refractivity contribution is 0.628. The van der Waals surface area contributed by atoms with Gasteiger partial charge in [-0.15, -0.1) is 0 Å². The number of H-pyrrole nitrogens is 1. The molecule has 0 unspecified atom stereocenters. The lowest BCUT2D eigenvalue weighted by atomic mass is 10.1. The Morgan fingerprint density at radius 3 is 2.93 bits per heavy atom. The first-order chi connectivity index (χ1) is 7.09. The summed E-state index contributed by atoms with van der Waals surface area (Å²) >= 11 is 3.40. The van der Waals surface area contributed by atoms with Crippen molar-refractivity contribution in [2.75, 3.05) is 0 Å². The smallest absolute Gasteiger partial charge is 0.265 e. The van der Waals surface area contributed by atoms with Crippen LogP contribution in [0.4, 0.5) is 0 Å². The number of aromatic nitrogens is 4. The quantitative estimate of drug-likeness (QED) is 0.897. The lowest BCUT2D eigenvalue weighted by Gasteiger charge is -1.99. The average Bonchev–Trinajstić information content (AvgIpc) is 2.44. The zero-order valence-corrected chi connectivity index (χ0v) is 10.1. The Bertz CT molecular complexity index is 543. The summed E-state index contributed by atoms with van der Waals surface area (Å²) in [6.07, 6.45) is 2.33. The van der Waals surface area contributed by atoms with Gasteiger partial charge in [-0.1, -0.05) is 13.8 Å². The summed E-state index contributed by atoms with van der Waals surface area (Å²) < 4.78 is 2.26. The van der Waals surface area contributed by atoms with Gasteiger partial charge < -0.3 is 0 Å². The Kier molecular flexibility index (Phi) is 2.60. The van der Waals surface area contributed by atoms with Crippen LogP contribution >= 0.6 is 15.9 Å². The molecule has 0 atom stereocenters. The minimum absolute atomic E-state index is 0.230. The highest BCUT2D eigenvalue weighted by molar-refractivity contribution is 9.10. The number of hydrogen-bond acceptors (Lipinski definition) is 3. The standard InChI is InChI=1S/C9H11BrN4O/c1-5(2)3-6-7(10)8-9(15)12-11-4-14(8)13-6/h4-5H,3H2,1-2H3,(H,12,15). The van der Waals surface area contributed by atoms with Gasteiger partial charge in [-0.2, -0.15) is 10.2 Å². The van der Waals surface area contributed by atoms with E-state index in [2.05, 4.69) is 45.1 Å². The third kappa shape index (κ3) is 1.81. The molecule has 6 heteroatoms. The summed E-state index contributed by atoms with van der Waals surface area (Å²) in [6.45, 7) is 4.22. The van der Waals surface area contributed by atoms with Crippen LogP contribution in [0.3, 0.4) is 0 Å². The van der Waals surface area contributed by atoms with Crippen molar-refractivity contribution in [2.45, 2.75) is 20.3 Å². The second-order valence-electron chi connectivity index (χ2n) is 3.84. The molecule has 0 saturated heterocycles. The maximum Gasteiger partial charge on any atom is 0.291 e. The second kappa shape index (κ2) is 3.77. The van der Waals surface area contributed by atoms with E-state index >= 15 is 0 Å². The zero-order valence-electron chi connectivity index (χ0n) is 8.49. The van der Waals surface area contributed by atoms with E-state index in [1.807, 2.05) is 0 Å². The van der Waals surface area contributed by atoms with Crippen molar-refractivity contribution in [3.63, 3.8) is 0 Å². The third-order valence-electron chi connectivity index (χ3n) is 2.07. The molecular formula is C9H11BrN4O. The maximum atomic E-state index is 11.5. The molecule has 1 N–H and O–H groups in total. The molecule has 2 rings (SSSR count). The van der Waals surface area contributed by atoms with E-state index < -0.39 is 0 Å². The van der Waals surface area contributed by atoms with Gasteiger partial charge in [0.2, 0.25) is 0 Å². The molecule has 0 saturated carbocycles. The minimum atomic E-state index is -0.230. The number of nitrogens with one attached hydrogen (secondary N) is 1. The Morgan fingerprint density at radius 1 is 1.60 bits per heavy atom. The molecule has 2 aromatic heterocycles. The van der Waals surface area contributed by atoms with Crippen LogP contribution in [0.25, 0.3) is 5.52 Å². The molecule has 0 aliphatic rings. The van der Waals surface area contributed by atoms with E-state index in [4.69, 9.17) is 0 Å². The Hall–Kier alpha value is -1.17. The first kappa shape index (κ1) is 10.4. The van der Waals surface area contributed by atoms with Gasteiger partial charge in [-0.05, 0) is 28.3 Å². The number of fused-ring (bicyclic) bond motifs is 1. The predicted molar refractivity (Wildman–Crippen MR) is 59.8 cm³/mol. The topological polar surface area (TPSA) is 63.1 Å². The average molecular weight is 271 g/mol. The van der Waals surface area contributed by atoms with Crippen molar-refractivity contribution >= 4 is 21.4 Å². The molecule has 2 heterocycles. The monoisotopic (exact) mass is 270 g/mol. The minimum Gasteiger partial charge on any atom is -0.265 e. The summed E-state index contributed by atoms with van der Waals surface area (Å²) in [5, 5.41) is 10.4. The fourth-order valence-electron chi connectivity index (χ4n) is 1.46. The fraction of sp³-hybridized carbons (Fsp3) is 0.444. The van der Waals surface area contributed by atoms with E-state index in [-0.39, 0.29) is 5.56 Å². The number of nitrogens with zero attached hydrogens (tertiary/aromatic N) is 3. The molecule has 0 aliphatic heterocycles. The third-order valence-corrected chi connectivity index (χ3v) is 2.90. The summed E-state index contributed by atoms with van der Waals surface area (Å²) in [4.78, 5) is 11.5. The normalized spacial score (nSPS) is 11.5. The second-order valence-corrected chi connectivity index (χ2v) is 4.63. The molecule has 80 valence electrons. The molecule has 0 aromatic carbocycles. The molecule has 0 fully saturated rings. The van der Waals surface area contributed by atoms with Gasteiger partial charge in [-0.3, -0.25) is 4.79 Å². The highest BCUT2D eigenvalue weighted by Gasteiger charge is 2.13. The van der Waals surface area contributed by atoms with Crippen molar-refractivity contribution in [1.82, 2.24) is 19.8 Å². The first-order valence-corrected chi connectivity index (χ1v) is 5.49. The first-order valence-electron chi connectivity index (χ1n) is 4.70. The van der Waals surface area contributed by atoms with E-state index in [1.165, 1.54) is 10.8 Å². The Labute approximate surface area is 94.6 Å². The van der Waals surface area contributed by atoms with Crippen LogP contribution in [0.1, 0.15) is 19.5 Å². The molecule has 0 radical (unpaired) electrons. The lowest BCUT2D eigenvalue weighted by Crippen LogP contribution is -2.11. The molecule has 0 amide bonds. The van der Waals surface area contributed by atoms with Gasteiger partial charge in [0.1, 0.15) is 11.8 Å². The number of rotatable bonds is 2. The van der Waals surface area contributed by atoms with Crippen LogP contribution in [0.15, 0.2) is 15.6 Å². The van der Waals surface area contributed by atoms with Crippen molar-refractivity contribution in [2.24, 2.45) is 5.92 Å². The predicted octanol–water partition coefficient (Wildman–Crippen LogP) is 1.38. The molecule has 5 nitrogen and oxygen atoms in total. The van der Waals surface area contributed by atoms with Crippen LogP contribution in [0, 0.1) is 5.92 Å². The van der Waals surface area contributed by atoms with Gasteiger partial charge in [-0.25, -0.2) is 9.61 Å². The highest BCUT2D eigenvalue weighted by Crippen LogP contribution is 2.21. The largest absolute Gasteiger partial charge is 0.291 e. The van der Waals surface area contributed by atoms with Gasteiger partial charge in [0.05, 0.1) is 10.2 Å². The van der Waals surface area contributed by atoms with Crippen LogP contribution in [-0.4, -0.2) is 19.8 Å². The van der Waals surface area contributed by atoms with Gasteiger partial charge in [0.15, 0.2) is 0 Å². The SMILES string of the molecule is CC(C)Cc1nn2cn[nH]c(=O)c2c1Br. The Morgan fingerprint density at radius 2 is 2.33 bits per heavy atom. The van der Waals surface area contributed by atoms with Crippen molar-refractivity contribution in [1.29, 1.82) is 0 Å². The van der Waals surface area contributed by atoms with Crippen LogP contribution in [0.2, 0.25) is 0 Å². The summed E-state index contributed by atoms with van der Waals surface area (Å²) in [7, 11) is 0. The van der Waals surface area contributed by atoms with Gasteiger partial charge in [0.25, 0.3) is 5.56 Å².